The Bertz CT molecular complexity index is 2900. The second kappa shape index (κ2) is 10.4. The minimum Gasteiger partial charge on any atom is -0.456 e. The summed E-state index contributed by atoms with van der Waals surface area (Å²) in [4.78, 5) is 37.9. The van der Waals surface area contributed by atoms with Gasteiger partial charge >= 0.3 is 0 Å². The van der Waals surface area contributed by atoms with Crippen molar-refractivity contribution in [3.8, 4) is 34.4 Å². The molecule has 0 aliphatic rings. The molecule has 6 heterocycles. The minimum atomic E-state index is 0.403. The average molecular weight is 629 g/mol. The van der Waals surface area contributed by atoms with Gasteiger partial charge in [0.25, 0.3) is 0 Å². The molecule has 9 heteroatoms. The molecule has 10 aromatic rings. The van der Waals surface area contributed by atoms with E-state index in [2.05, 4.69) is 14.8 Å². The highest BCUT2D eigenvalue weighted by Gasteiger charge is 2.18. The van der Waals surface area contributed by atoms with Crippen LogP contribution in [0.15, 0.2) is 126 Å². The summed E-state index contributed by atoms with van der Waals surface area (Å²) >= 11 is 0. The molecule has 49 heavy (non-hydrogen) atoms. The fraction of sp³-hybridized carbons (Fsp3) is 0. The van der Waals surface area contributed by atoms with E-state index in [0.717, 1.165) is 59.9 Å². The molecule has 10 rings (SSSR count). The van der Waals surface area contributed by atoms with Crippen LogP contribution in [0.25, 0.3) is 105 Å². The molecule has 0 aliphatic heterocycles. The van der Waals surface area contributed by atoms with Crippen LogP contribution < -0.4 is 0 Å². The van der Waals surface area contributed by atoms with E-state index in [4.69, 9.17) is 35.9 Å². The van der Waals surface area contributed by atoms with Gasteiger partial charge in [-0.2, -0.15) is 0 Å². The van der Waals surface area contributed by atoms with Gasteiger partial charge in [-0.25, -0.2) is 29.8 Å². The molecule has 0 unspecified atom stereocenters. The molecule has 0 saturated carbocycles. The maximum Gasteiger partial charge on any atom is 0.188 e. The van der Waals surface area contributed by atoms with Crippen LogP contribution in [0.5, 0.6) is 0 Å². The Hall–Kier alpha value is -7.18. The quantitative estimate of drug-likeness (QED) is 0.141. The summed E-state index contributed by atoms with van der Waals surface area (Å²) in [5.41, 5.74) is 7.03. The van der Waals surface area contributed by atoms with Gasteiger partial charge in [-0.1, -0.05) is 54.6 Å². The maximum absolute atomic E-state index is 7.51. The highest BCUT2D eigenvalue weighted by Crippen LogP contribution is 2.35. The van der Waals surface area contributed by atoms with E-state index >= 15 is 0 Å². The van der Waals surface area contributed by atoms with Gasteiger partial charge in [0.2, 0.25) is 0 Å². The Morgan fingerprint density at radius 3 is 1.57 bits per heavy atom. The van der Waals surface area contributed by atoms with Crippen molar-refractivity contribution in [1.82, 2.24) is 34.9 Å². The molecule has 0 bridgehead atoms. The summed E-state index contributed by atoms with van der Waals surface area (Å²) in [6, 6.07) is 35.2. The van der Waals surface area contributed by atoms with Crippen LogP contribution in [0.3, 0.4) is 0 Å². The normalized spacial score (nSPS) is 11.7. The molecule has 0 saturated heterocycles. The maximum atomic E-state index is 7.51. The van der Waals surface area contributed by atoms with Crippen LogP contribution in [0.2, 0.25) is 0 Å². The van der Waals surface area contributed by atoms with Crippen LogP contribution in [0.1, 0.15) is 0 Å². The predicted molar refractivity (Wildman–Crippen MR) is 191 cm³/mol. The third-order valence-corrected chi connectivity index (χ3v) is 8.80. The highest BCUT2D eigenvalue weighted by atomic mass is 16.3. The van der Waals surface area contributed by atoms with Crippen molar-refractivity contribution in [3.05, 3.63) is 133 Å². The lowest BCUT2D eigenvalue weighted by atomic mass is 10.1. The van der Waals surface area contributed by atoms with Gasteiger partial charge in [-0.05, 0) is 54.6 Å². The van der Waals surface area contributed by atoms with Gasteiger partial charge in [0.05, 0.1) is 28.6 Å². The van der Waals surface area contributed by atoms with Crippen molar-refractivity contribution in [2.45, 2.75) is 0 Å². The second-order valence-electron chi connectivity index (χ2n) is 11.7. The lowest BCUT2D eigenvalue weighted by Crippen LogP contribution is -2.02. The molecule has 0 N–H and O–H groups in total. The van der Waals surface area contributed by atoms with E-state index in [1.807, 2.05) is 103 Å². The number of aromatic nitrogens is 7. The van der Waals surface area contributed by atoms with Crippen molar-refractivity contribution in [3.63, 3.8) is 0 Å². The van der Waals surface area contributed by atoms with E-state index in [-0.39, 0.29) is 0 Å². The summed E-state index contributed by atoms with van der Waals surface area (Å²) in [5, 5.41) is 5.65. The van der Waals surface area contributed by atoms with Crippen molar-refractivity contribution in [2.24, 2.45) is 0 Å². The standard InChI is InChI=1S/C40H20N8O/c1-41-27-13-17-33-29(21-27)28-20-26(12-16-32(28)49-33)38-46-39(30-14-10-24-8-6-22-4-2-18-42-34(22)36(24)44-30)48-40(47-38)31-15-11-25-9-7-23-5-3-19-43-35(23)37(25)45-31/h2-21H. The molecule has 0 fully saturated rings. The molecule has 0 spiro atoms. The zero-order valence-corrected chi connectivity index (χ0v) is 25.5. The molecule has 0 amide bonds. The van der Waals surface area contributed by atoms with Gasteiger partial charge in [0.15, 0.2) is 23.2 Å². The molecule has 9 nitrogen and oxygen atoms in total. The van der Waals surface area contributed by atoms with Crippen molar-refractivity contribution >= 4 is 71.2 Å². The lowest BCUT2D eigenvalue weighted by Gasteiger charge is -2.10. The van der Waals surface area contributed by atoms with E-state index < -0.39 is 0 Å². The van der Waals surface area contributed by atoms with E-state index in [1.54, 1.807) is 18.5 Å². The van der Waals surface area contributed by atoms with Gasteiger partial charge in [-0.3, -0.25) is 9.97 Å². The zero-order valence-electron chi connectivity index (χ0n) is 25.5. The number of pyridine rings is 4. The summed E-state index contributed by atoms with van der Waals surface area (Å²) in [6.07, 6.45) is 3.55. The van der Waals surface area contributed by atoms with Crippen molar-refractivity contribution in [2.75, 3.05) is 0 Å². The first-order chi connectivity index (χ1) is 24.2. The first kappa shape index (κ1) is 27.0. The summed E-state index contributed by atoms with van der Waals surface area (Å²) in [5.74, 6) is 1.26. The van der Waals surface area contributed by atoms with Crippen LogP contribution in [0.4, 0.5) is 5.69 Å². The smallest absolute Gasteiger partial charge is 0.188 e. The summed E-state index contributed by atoms with van der Waals surface area (Å²) in [6.45, 7) is 7.51. The topological polar surface area (TPSA) is 108 Å². The molecule has 6 aromatic heterocycles. The third-order valence-electron chi connectivity index (χ3n) is 8.80. The van der Waals surface area contributed by atoms with Crippen LogP contribution in [-0.4, -0.2) is 34.9 Å². The number of fused-ring (bicyclic) bond motifs is 9. The number of furan rings is 1. The molecule has 0 aliphatic carbocycles. The number of nitrogens with zero attached hydrogens (tertiary/aromatic N) is 8. The second-order valence-corrected chi connectivity index (χ2v) is 11.7. The minimum absolute atomic E-state index is 0.403. The van der Waals surface area contributed by atoms with Crippen LogP contribution in [0, 0.1) is 6.57 Å². The van der Waals surface area contributed by atoms with Gasteiger partial charge < -0.3 is 4.42 Å². The van der Waals surface area contributed by atoms with Gasteiger partial charge in [0, 0.05) is 50.3 Å². The predicted octanol–water partition coefficient (Wildman–Crippen LogP) is 9.52. The third kappa shape index (κ3) is 4.36. The Morgan fingerprint density at radius 1 is 0.469 bits per heavy atom. The lowest BCUT2D eigenvalue weighted by molar-refractivity contribution is 0.669. The van der Waals surface area contributed by atoms with Crippen LogP contribution >= 0.6 is 0 Å². The zero-order chi connectivity index (χ0) is 32.5. The highest BCUT2D eigenvalue weighted by molar-refractivity contribution is 6.07. The van der Waals surface area contributed by atoms with E-state index in [1.165, 1.54) is 0 Å². The molecule has 0 radical (unpaired) electrons. The summed E-state index contributed by atoms with van der Waals surface area (Å²) in [7, 11) is 0. The number of hydrogen-bond donors (Lipinski definition) is 0. The molecular formula is C40H20N8O. The Morgan fingerprint density at radius 2 is 0.980 bits per heavy atom. The SMILES string of the molecule is [C-]#[N+]c1ccc2oc3ccc(-c4nc(-c5ccc6ccc7cccnc7c6n5)nc(-c5ccc6ccc7cccnc7c6n5)n4)cc3c2c1. The number of benzene rings is 4. The van der Waals surface area contributed by atoms with Crippen molar-refractivity contribution in [1.29, 1.82) is 0 Å². The Kier molecular flexibility index (Phi) is 5.74. The Balaban J connectivity index is 1.22. The average Bonchev–Trinajstić information content (AvgIpc) is 3.54. The van der Waals surface area contributed by atoms with E-state index in [9.17, 15) is 0 Å². The fourth-order valence-corrected chi connectivity index (χ4v) is 6.40. The summed E-state index contributed by atoms with van der Waals surface area (Å²) < 4.78 is 6.09. The molecule has 4 aromatic carbocycles. The number of rotatable bonds is 3. The first-order valence-electron chi connectivity index (χ1n) is 15.6. The Labute approximate surface area is 277 Å². The van der Waals surface area contributed by atoms with Crippen LogP contribution in [-0.2, 0) is 0 Å². The largest absolute Gasteiger partial charge is 0.456 e. The number of hydrogen-bond acceptors (Lipinski definition) is 8. The monoisotopic (exact) mass is 628 g/mol. The van der Waals surface area contributed by atoms with Gasteiger partial charge in [0.1, 0.15) is 22.6 Å². The van der Waals surface area contributed by atoms with Gasteiger partial charge in [-0.15, -0.1) is 0 Å². The fourth-order valence-electron chi connectivity index (χ4n) is 6.40. The molecule has 226 valence electrons. The first-order valence-corrected chi connectivity index (χ1v) is 15.6. The van der Waals surface area contributed by atoms with Crippen molar-refractivity contribution < 1.29 is 4.42 Å². The molecular weight excluding hydrogens is 608 g/mol. The molecule has 0 atom stereocenters. The van der Waals surface area contributed by atoms with E-state index in [0.29, 0.717) is 45.7 Å².